The fourth-order valence-corrected chi connectivity index (χ4v) is 3.22. The average molecular weight is 287 g/mol. The van der Waals surface area contributed by atoms with Crippen LogP contribution in [0.25, 0.3) is 10.6 Å². The molecule has 20 heavy (non-hydrogen) atoms. The van der Waals surface area contributed by atoms with Crippen LogP contribution in [-0.2, 0) is 0 Å². The fourth-order valence-electron chi connectivity index (χ4n) is 2.34. The minimum atomic E-state index is 0.0441. The summed E-state index contributed by atoms with van der Waals surface area (Å²) in [6.07, 6.45) is 0. The molecule has 0 unspecified atom stereocenters. The van der Waals surface area contributed by atoms with Crippen LogP contribution in [0.5, 0.6) is 0 Å². The fraction of sp³-hybridized carbons (Fsp3) is 0.333. The molecule has 1 N–H and O–H groups in total. The second-order valence-electron chi connectivity index (χ2n) is 4.90. The van der Waals surface area contributed by atoms with Crippen LogP contribution in [0.1, 0.15) is 16.1 Å². The molecule has 1 aromatic heterocycles. The SMILES string of the molecule is Cc1ccccc1-c1nc(C(=O)N2CCNCC2)cs1. The highest BCUT2D eigenvalue weighted by Crippen LogP contribution is 2.26. The van der Waals surface area contributed by atoms with Crippen molar-refractivity contribution in [2.24, 2.45) is 0 Å². The lowest BCUT2D eigenvalue weighted by Gasteiger charge is -2.26. The molecule has 0 bridgehead atoms. The van der Waals surface area contributed by atoms with E-state index in [0.717, 1.165) is 36.8 Å². The molecule has 1 aliphatic heterocycles. The summed E-state index contributed by atoms with van der Waals surface area (Å²) < 4.78 is 0. The van der Waals surface area contributed by atoms with E-state index in [1.807, 2.05) is 28.5 Å². The Labute approximate surface area is 122 Å². The van der Waals surface area contributed by atoms with Gasteiger partial charge < -0.3 is 10.2 Å². The van der Waals surface area contributed by atoms with Crippen molar-refractivity contribution >= 4 is 17.2 Å². The van der Waals surface area contributed by atoms with Gasteiger partial charge in [0.05, 0.1) is 0 Å². The number of nitrogens with zero attached hydrogens (tertiary/aromatic N) is 2. The minimum absolute atomic E-state index is 0.0441. The molecule has 1 fully saturated rings. The second kappa shape index (κ2) is 5.73. The van der Waals surface area contributed by atoms with Gasteiger partial charge in [0.25, 0.3) is 5.91 Å². The summed E-state index contributed by atoms with van der Waals surface area (Å²) in [5.74, 6) is 0.0441. The highest BCUT2D eigenvalue weighted by atomic mass is 32.1. The number of piperazine rings is 1. The van der Waals surface area contributed by atoms with Gasteiger partial charge in [0.15, 0.2) is 0 Å². The molecule has 1 aromatic carbocycles. The Kier molecular flexibility index (Phi) is 3.80. The van der Waals surface area contributed by atoms with Gasteiger partial charge >= 0.3 is 0 Å². The van der Waals surface area contributed by atoms with Crippen LogP contribution < -0.4 is 5.32 Å². The highest BCUT2D eigenvalue weighted by molar-refractivity contribution is 7.13. The minimum Gasteiger partial charge on any atom is -0.335 e. The normalized spacial score (nSPS) is 15.3. The van der Waals surface area contributed by atoms with Gasteiger partial charge in [0.1, 0.15) is 10.7 Å². The third-order valence-electron chi connectivity index (χ3n) is 3.50. The Morgan fingerprint density at radius 2 is 2.05 bits per heavy atom. The maximum Gasteiger partial charge on any atom is 0.273 e. The number of carbonyl (C=O) groups excluding carboxylic acids is 1. The Morgan fingerprint density at radius 3 is 2.80 bits per heavy atom. The molecule has 1 amide bonds. The van der Waals surface area contributed by atoms with Crippen molar-refractivity contribution in [3.63, 3.8) is 0 Å². The number of hydrogen-bond acceptors (Lipinski definition) is 4. The van der Waals surface area contributed by atoms with Gasteiger partial charge in [0, 0.05) is 37.1 Å². The number of hydrogen-bond donors (Lipinski definition) is 1. The van der Waals surface area contributed by atoms with Crippen molar-refractivity contribution in [2.45, 2.75) is 6.92 Å². The number of carbonyl (C=O) groups is 1. The maximum atomic E-state index is 12.4. The number of nitrogens with one attached hydrogen (secondary N) is 1. The van der Waals surface area contributed by atoms with Crippen molar-refractivity contribution in [1.29, 1.82) is 0 Å². The monoisotopic (exact) mass is 287 g/mol. The molecule has 0 atom stereocenters. The number of aryl methyl sites for hydroxylation is 1. The summed E-state index contributed by atoms with van der Waals surface area (Å²) in [5.41, 5.74) is 2.86. The number of thiazole rings is 1. The molecule has 0 spiro atoms. The highest BCUT2D eigenvalue weighted by Gasteiger charge is 2.20. The number of benzene rings is 1. The van der Waals surface area contributed by atoms with Crippen LogP contribution >= 0.6 is 11.3 Å². The number of rotatable bonds is 2. The second-order valence-corrected chi connectivity index (χ2v) is 5.75. The van der Waals surface area contributed by atoms with Crippen molar-refractivity contribution in [3.8, 4) is 10.6 Å². The van der Waals surface area contributed by atoms with E-state index in [2.05, 4.69) is 23.3 Å². The van der Waals surface area contributed by atoms with Crippen LogP contribution in [0.15, 0.2) is 29.6 Å². The molecule has 5 heteroatoms. The Morgan fingerprint density at radius 1 is 1.30 bits per heavy atom. The molecular weight excluding hydrogens is 270 g/mol. The van der Waals surface area contributed by atoms with E-state index in [1.54, 1.807) is 0 Å². The summed E-state index contributed by atoms with van der Waals surface area (Å²) in [4.78, 5) is 18.8. The van der Waals surface area contributed by atoms with Gasteiger partial charge in [-0.1, -0.05) is 24.3 Å². The summed E-state index contributed by atoms with van der Waals surface area (Å²) in [6, 6.07) is 8.13. The van der Waals surface area contributed by atoms with E-state index >= 15 is 0 Å². The molecule has 0 saturated carbocycles. The quantitative estimate of drug-likeness (QED) is 0.920. The van der Waals surface area contributed by atoms with Crippen molar-refractivity contribution in [1.82, 2.24) is 15.2 Å². The van der Waals surface area contributed by atoms with Gasteiger partial charge in [-0.05, 0) is 12.5 Å². The topological polar surface area (TPSA) is 45.2 Å². The molecule has 4 nitrogen and oxygen atoms in total. The molecular formula is C15H17N3OS. The zero-order valence-corrected chi connectivity index (χ0v) is 12.2. The lowest BCUT2D eigenvalue weighted by Crippen LogP contribution is -2.46. The first-order valence-electron chi connectivity index (χ1n) is 6.77. The molecule has 1 aliphatic rings. The van der Waals surface area contributed by atoms with Gasteiger partial charge in [-0.25, -0.2) is 4.98 Å². The summed E-state index contributed by atoms with van der Waals surface area (Å²) in [6.45, 7) is 5.31. The smallest absolute Gasteiger partial charge is 0.273 e. The van der Waals surface area contributed by atoms with E-state index in [-0.39, 0.29) is 5.91 Å². The molecule has 2 heterocycles. The predicted octanol–water partition coefficient (Wildman–Crippen LogP) is 2.16. The summed E-state index contributed by atoms with van der Waals surface area (Å²) in [7, 11) is 0. The standard InChI is InChI=1S/C15H17N3OS/c1-11-4-2-3-5-12(11)14-17-13(10-20-14)15(19)18-8-6-16-7-9-18/h2-5,10,16H,6-9H2,1H3. The Hall–Kier alpha value is -1.72. The van der Waals surface area contributed by atoms with Crippen molar-refractivity contribution < 1.29 is 4.79 Å². The third kappa shape index (κ3) is 2.59. The van der Waals surface area contributed by atoms with E-state index < -0.39 is 0 Å². The van der Waals surface area contributed by atoms with Crippen LogP contribution in [0.4, 0.5) is 0 Å². The Bertz CT molecular complexity index is 617. The van der Waals surface area contributed by atoms with Crippen molar-refractivity contribution in [2.75, 3.05) is 26.2 Å². The van der Waals surface area contributed by atoms with Crippen LogP contribution in [0, 0.1) is 6.92 Å². The predicted molar refractivity (Wildman–Crippen MR) is 81.1 cm³/mol. The number of amides is 1. The lowest BCUT2D eigenvalue weighted by molar-refractivity contribution is 0.0731. The van der Waals surface area contributed by atoms with Crippen molar-refractivity contribution in [3.05, 3.63) is 40.9 Å². The van der Waals surface area contributed by atoms with Gasteiger partial charge in [-0.3, -0.25) is 4.79 Å². The zero-order chi connectivity index (χ0) is 13.9. The molecule has 1 saturated heterocycles. The van der Waals surface area contributed by atoms with Gasteiger partial charge in [-0.15, -0.1) is 11.3 Å². The zero-order valence-electron chi connectivity index (χ0n) is 11.4. The summed E-state index contributed by atoms with van der Waals surface area (Å²) in [5, 5.41) is 6.03. The summed E-state index contributed by atoms with van der Waals surface area (Å²) >= 11 is 1.53. The molecule has 0 radical (unpaired) electrons. The molecule has 3 rings (SSSR count). The number of aromatic nitrogens is 1. The van der Waals surface area contributed by atoms with Gasteiger partial charge in [-0.2, -0.15) is 0 Å². The largest absolute Gasteiger partial charge is 0.335 e. The van der Waals surface area contributed by atoms with E-state index in [9.17, 15) is 4.79 Å². The van der Waals surface area contributed by atoms with E-state index in [4.69, 9.17) is 0 Å². The van der Waals surface area contributed by atoms with E-state index in [1.165, 1.54) is 16.9 Å². The third-order valence-corrected chi connectivity index (χ3v) is 4.38. The first-order chi connectivity index (χ1) is 9.75. The molecule has 0 aliphatic carbocycles. The molecule has 2 aromatic rings. The Balaban J connectivity index is 1.83. The van der Waals surface area contributed by atoms with Crippen LogP contribution in [0.3, 0.4) is 0 Å². The van der Waals surface area contributed by atoms with E-state index in [0.29, 0.717) is 5.69 Å². The maximum absolute atomic E-state index is 12.4. The van der Waals surface area contributed by atoms with Crippen LogP contribution in [0.2, 0.25) is 0 Å². The first kappa shape index (κ1) is 13.3. The van der Waals surface area contributed by atoms with Gasteiger partial charge in [0.2, 0.25) is 0 Å². The first-order valence-corrected chi connectivity index (χ1v) is 7.65. The molecule has 104 valence electrons. The lowest BCUT2D eigenvalue weighted by atomic mass is 10.1. The van der Waals surface area contributed by atoms with Crippen LogP contribution in [-0.4, -0.2) is 42.0 Å². The average Bonchev–Trinajstić information content (AvgIpc) is 2.97.